The van der Waals surface area contributed by atoms with E-state index in [9.17, 15) is 9.59 Å². The molecule has 3 heterocycles. The van der Waals surface area contributed by atoms with Crippen LogP contribution in [0.25, 0.3) is 0 Å². The van der Waals surface area contributed by atoms with E-state index in [4.69, 9.17) is 4.74 Å². The van der Waals surface area contributed by atoms with Crippen LogP contribution in [0.3, 0.4) is 0 Å². The van der Waals surface area contributed by atoms with Crippen molar-refractivity contribution in [2.45, 2.75) is 45.2 Å². The number of carbonyl (C=O) groups excluding carboxylic acids is 2. The molecule has 8 nitrogen and oxygen atoms in total. The molecule has 1 aromatic heterocycles. The molecule has 8 heteroatoms. The molecule has 0 bridgehead atoms. The van der Waals surface area contributed by atoms with Crippen molar-refractivity contribution in [3.8, 4) is 5.75 Å². The van der Waals surface area contributed by atoms with Crippen molar-refractivity contribution in [3.05, 3.63) is 53.7 Å². The first-order valence-corrected chi connectivity index (χ1v) is 13.1. The topological polar surface area (TPSA) is 78.0 Å². The molecule has 36 heavy (non-hydrogen) atoms. The van der Waals surface area contributed by atoms with Gasteiger partial charge in [0.2, 0.25) is 11.8 Å². The van der Waals surface area contributed by atoms with E-state index in [0.29, 0.717) is 31.7 Å². The van der Waals surface area contributed by atoms with Crippen LogP contribution in [0.15, 0.2) is 42.6 Å². The first-order chi connectivity index (χ1) is 17.5. The minimum Gasteiger partial charge on any atom is -0.496 e. The lowest BCUT2D eigenvalue weighted by Crippen LogP contribution is -2.48. The van der Waals surface area contributed by atoms with Crippen molar-refractivity contribution >= 4 is 17.6 Å². The maximum Gasteiger partial charge on any atom is 0.225 e. The number of anilines is 1. The Morgan fingerprint density at radius 3 is 2.69 bits per heavy atom. The summed E-state index contributed by atoms with van der Waals surface area (Å²) in [6, 6.07) is 11.4. The molecule has 2 aromatic rings. The molecule has 4 rings (SSSR count). The van der Waals surface area contributed by atoms with Crippen LogP contribution in [0.2, 0.25) is 0 Å². The molecule has 0 spiro atoms. The number of carbonyl (C=O) groups is 2. The summed E-state index contributed by atoms with van der Waals surface area (Å²) in [4.78, 5) is 37.6. The maximum absolute atomic E-state index is 13.6. The molecule has 194 valence electrons. The van der Waals surface area contributed by atoms with Crippen molar-refractivity contribution in [3.63, 3.8) is 0 Å². The molecule has 1 aromatic carbocycles. The lowest BCUT2D eigenvalue weighted by Gasteiger charge is -2.41. The van der Waals surface area contributed by atoms with Crippen LogP contribution in [0, 0.1) is 5.92 Å². The van der Waals surface area contributed by atoms with Crippen LogP contribution in [0.5, 0.6) is 5.75 Å². The van der Waals surface area contributed by atoms with Gasteiger partial charge in [0.1, 0.15) is 11.6 Å². The zero-order valence-electron chi connectivity index (χ0n) is 21.8. The zero-order chi connectivity index (χ0) is 25.5. The van der Waals surface area contributed by atoms with Gasteiger partial charge in [0, 0.05) is 57.4 Å². The molecular weight excluding hydrogens is 454 g/mol. The fraction of sp³-hybridized carbons (Fsp3) is 0.536. The number of ether oxygens (including phenoxy) is 1. The van der Waals surface area contributed by atoms with Crippen LogP contribution in [0.1, 0.15) is 49.8 Å². The number of nitrogens with one attached hydrogen (secondary N) is 1. The second-order valence-electron chi connectivity index (χ2n) is 9.80. The third kappa shape index (κ3) is 5.98. The molecule has 2 fully saturated rings. The minimum atomic E-state index is -0.340. The normalized spacial score (nSPS) is 20.9. The molecule has 2 aliphatic rings. The summed E-state index contributed by atoms with van der Waals surface area (Å²) in [7, 11) is 3.77. The summed E-state index contributed by atoms with van der Waals surface area (Å²) in [5.74, 6) is 1.40. The number of piperidine rings is 1. The minimum absolute atomic E-state index is 0.0298. The van der Waals surface area contributed by atoms with Gasteiger partial charge in [-0.1, -0.05) is 31.5 Å². The molecule has 2 unspecified atom stereocenters. The number of likely N-dealkylation sites (tertiary alicyclic amines) is 1. The zero-order valence-corrected chi connectivity index (χ0v) is 21.8. The predicted octanol–water partition coefficient (Wildman–Crippen LogP) is 3.24. The van der Waals surface area contributed by atoms with Crippen LogP contribution in [0.4, 0.5) is 5.82 Å². The van der Waals surface area contributed by atoms with E-state index in [-0.39, 0.29) is 23.8 Å². The number of pyridine rings is 1. The number of nitrogens with zero attached hydrogens (tertiary/aromatic N) is 4. The molecular formula is C28H39N5O3. The number of hydrogen-bond acceptors (Lipinski definition) is 6. The molecule has 0 saturated carbocycles. The summed E-state index contributed by atoms with van der Waals surface area (Å²) >= 11 is 0. The van der Waals surface area contributed by atoms with Gasteiger partial charge >= 0.3 is 0 Å². The summed E-state index contributed by atoms with van der Waals surface area (Å²) in [5, 5.41) is 3.16. The Balaban J connectivity index is 1.51. The SMILES string of the molecule is CCCCN1C(=O)CCC(C(=O)NCc2ccnc(N3CCN(C)CC3)c2)C1c1ccccc1OC. The second kappa shape index (κ2) is 12.2. The van der Waals surface area contributed by atoms with Gasteiger partial charge in [-0.2, -0.15) is 0 Å². The third-order valence-electron chi connectivity index (χ3n) is 7.36. The number of unbranched alkanes of at least 4 members (excludes halogenated alkanes) is 1. The third-order valence-corrected chi connectivity index (χ3v) is 7.36. The monoisotopic (exact) mass is 493 g/mol. The fourth-order valence-electron chi connectivity index (χ4n) is 5.21. The largest absolute Gasteiger partial charge is 0.496 e. The number of methoxy groups -OCH3 is 1. The van der Waals surface area contributed by atoms with Crippen LogP contribution in [-0.4, -0.2) is 73.5 Å². The van der Waals surface area contributed by atoms with Crippen LogP contribution in [-0.2, 0) is 16.1 Å². The Morgan fingerprint density at radius 2 is 1.94 bits per heavy atom. The predicted molar refractivity (Wildman–Crippen MR) is 141 cm³/mol. The highest BCUT2D eigenvalue weighted by molar-refractivity contribution is 5.85. The van der Waals surface area contributed by atoms with Gasteiger partial charge in [0.25, 0.3) is 0 Å². The van der Waals surface area contributed by atoms with Crippen molar-refractivity contribution < 1.29 is 14.3 Å². The number of amides is 2. The lowest BCUT2D eigenvalue weighted by molar-refractivity contribution is -0.143. The standard InChI is InChI=1S/C28H39N5O3/c1-4-5-14-33-26(34)11-10-23(27(33)22-8-6-7-9-24(22)36-3)28(35)30-20-21-12-13-29-25(19-21)32-17-15-31(2)16-18-32/h6-9,12-13,19,23,27H,4-5,10-11,14-18,20H2,1-3H3,(H,30,35). The number of para-hydroxylation sites is 1. The van der Waals surface area contributed by atoms with Gasteiger partial charge < -0.3 is 24.8 Å². The van der Waals surface area contributed by atoms with E-state index in [0.717, 1.165) is 56.0 Å². The first-order valence-electron chi connectivity index (χ1n) is 13.1. The van der Waals surface area contributed by atoms with Gasteiger partial charge in [0.05, 0.1) is 19.1 Å². The number of rotatable bonds is 9. The highest BCUT2D eigenvalue weighted by Crippen LogP contribution is 2.41. The Kier molecular flexibility index (Phi) is 8.80. The Labute approximate surface area is 214 Å². The first kappa shape index (κ1) is 25.9. The number of piperazine rings is 1. The molecule has 2 aliphatic heterocycles. The average Bonchev–Trinajstić information content (AvgIpc) is 2.91. The van der Waals surface area contributed by atoms with Crippen molar-refractivity contribution in [2.24, 2.45) is 5.92 Å². The number of benzene rings is 1. The van der Waals surface area contributed by atoms with E-state index in [1.165, 1.54) is 0 Å². The Hall–Kier alpha value is -3.13. The summed E-state index contributed by atoms with van der Waals surface area (Å²) in [6.07, 6.45) is 4.61. The van der Waals surface area contributed by atoms with Crippen molar-refractivity contribution in [1.82, 2.24) is 20.1 Å². The highest BCUT2D eigenvalue weighted by atomic mass is 16.5. The molecule has 1 N–H and O–H groups in total. The van der Waals surface area contributed by atoms with Crippen molar-refractivity contribution in [1.29, 1.82) is 0 Å². The summed E-state index contributed by atoms with van der Waals surface area (Å²) in [5.41, 5.74) is 1.92. The van der Waals surface area contributed by atoms with E-state index in [1.54, 1.807) is 7.11 Å². The van der Waals surface area contributed by atoms with E-state index < -0.39 is 0 Å². The maximum atomic E-state index is 13.6. The highest BCUT2D eigenvalue weighted by Gasteiger charge is 2.41. The van der Waals surface area contributed by atoms with Crippen molar-refractivity contribution in [2.75, 3.05) is 51.8 Å². The fourth-order valence-corrected chi connectivity index (χ4v) is 5.21. The van der Waals surface area contributed by atoms with Gasteiger partial charge in [-0.05, 0) is 43.7 Å². The van der Waals surface area contributed by atoms with E-state index in [2.05, 4.69) is 40.1 Å². The Bertz CT molecular complexity index is 1040. The van der Waals surface area contributed by atoms with Gasteiger partial charge in [-0.15, -0.1) is 0 Å². The van der Waals surface area contributed by atoms with E-state index >= 15 is 0 Å². The molecule has 0 aliphatic carbocycles. The average molecular weight is 494 g/mol. The second-order valence-corrected chi connectivity index (χ2v) is 9.80. The molecule has 2 atom stereocenters. The molecule has 0 radical (unpaired) electrons. The number of hydrogen-bond donors (Lipinski definition) is 1. The summed E-state index contributed by atoms with van der Waals surface area (Å²) in [6.45, 7) is 7.11. The smallest absolute Gasteiger partial charge is 0.225 e. The van der Waals surface area contributed by atoms with E-state index in [1.807, 2.05) is 41.4 Å². The van der Waals surface area contributed by atoms with Gasteiger partial charge in [-0.3, -0.25) is 9.59 Å². The van der Waals surface area contributed by atoms with Crippen LogP contribution >= 0.6 is 0 Å². The summed E-state index contributed by atoms with van der Waals surface area (Å²) < 4.78 is 5.64. The number of aromatic nitrogens is 1. The van der Waals surface area contributed by atoms with Gasteiger partial charge in [-0.25, -0.2) is 4.98 Å². The Morgan fingerprint density at radius 1 is 1.17 bits per heavy atom. The van der Waals surface area contributed by atoms with Crippen LogP contribution < -0.4 is 15.0 Å². The quantitative estimate of drug-likeness (QED) is 0.578. The molecule has 2 amide bonds. The van der Waals surface area contributed by atoms with Gasteiger partial charge in [0.15, 0.2) is 0 Å². The molecule has 2 saturated heterocycles. The number of likely N-dealkylation sites (N-methyl/N-ethyl adjacent to an activating group) is 1. The lowest BCUT2D eigenvalue weighted by atomic mass is 9.83.